The van der Waals surface area contributed by atoms with Crippen molar-refractivity contribution in [3.05, 3.63) is 41.2 Å². The minimum absolute atomic E-state index is 0.126. The number of rotatable bonds is 8. The molecule has 16 heteroatoms. The number of aromatic nitrogens is 2. The zero-order valence-corrected chi connectivity index (χ0v) is 20.6. The van der Waals surface area contributed by atoms with Crippen LogP contribution in [0.3, 0.4) is 0 Å². The maximum Gasteiger partial charge on any atom is 0.490 e. The van der Waals surface area contributed by atoms with Gasteiger partial charge < -0.3 is 21.1 Å². The highest BCUT2D eigenvalue weighted by Gasteiger charge is 2.62. The molecule has 210 valence electrons. The van der Waals surface area contributed by atoms with E-state index in [-0.39, 0.29) is 34.4 Å². The van der Waals surface area contributed by atoms with Gasteiger partial charge in [0.1, 0.15) is 6.42 Å². The Kier molecular flexibility index (Phi) is 9.11. The molecule has 0 bridgehead atoms. The Morgan fingerprint density at radius 2 is 1.79 bits per heavy atom. The standard InChI is InChI=1S/C23H22F6N6O4/c1-11(2)34-19(37)17-18(31)32-9-15(35-17)14-8-13(5-4-12(14)3)21(23(27,28)29,10-33-16(36)6-7-30)39-20(38)22(24,25)26/h4-5,8-9,11H,6,10H2,1-3H3,(H2,31,32)(H,33,36)(H,34,37). The molecular weight excluding hydrogens is 538 g/mol. The summed E-state index contributed by atoms with van der Waals surface area (Å²) in [5.41, 5.74) is 0.250. The average Bonchev–Trinajstić information content (AvgIpc) is 2.80. The largest absolute Gasteiger partial charge is 0.490 e. The molecule has 2 rings (SSSR count). The van der Waals surface area contributed by atoms with Gasteiger partial charge in [-0.2, -0.15) is 31.6 Å². The molecule has 39 heavy (non-hydrogen) atoms. The van der Waals surface area contributed by atoms with Gasteiger partial charge in [0.15, 0.2) is 11.5 Å². The van der Waals surface area contributed by atoms with Crippen molar-refractivity contribution in [2.24, 2.45) is 0 Å². The van der Waals surface area contributed by atoms with Crippen molar-refractivity contribution in [3.63, 3.8) is 0 Å². The number of anilines is 1. The lowest BCUT2D eigenvalue weighted by molar-refractivity contribution is -0.288. The molecule has 1 unspecified atom stereocenters. The van der Waals surface area contributed by atoms with Crippen LogP contribution in [0.15, 0.2) is 24.4 Å². The Morgan fingerprint density at radius 1 is 1.15 bits per heavy atom. The zero-order chi connectivity index (χ0) is 29.8. The van der Waals surface area contributed by atoms with Crippen molar-refractivity contribution in [1.29, 1.82) is 5.26 Å². The number of nitrogens with one attached hydrogen (secondary N) is 2. The van der Waals surface area contributed by atoms with Gasteiger partial charge in [-0.1, -0.05) is 12.1 Å². The van der Waals surface area contributed by atoms with Crippen molar-refractivity contribution >= 4 is 23.6 Å². The quantitative estimate of drug-likeness (QED) is 0.328. The molecule has 1 heterocycles. The second-order valence-electron chi connectivity index (χ2n) is 8.47. The summed E-state index contributed by atoms with van der Waals surface area (Å²) in [6.45, 7) is 3.04. The maximum atomic E-state index is 14.5. The van der Waals surface area contributed by atoms with Crippen molar-refractivity contribution in [1.82, 2.24) is 20.6 Å². The third-order valence-electron chi connectivity index (χ3n) is 5.15. The molecule has 0 aliphatic heterocycles. The van der Waals surface area contributed by atoms with E-state index < -0.39 is 54.3 Å². The summed E-state index contributed by atoms with van der Waals surface area (Å²) in [5, 5.41) is 12.8. The SMILES string of the molecule is Cc1ccc(C(CNC(=O)CC#N)(OC(=O)C(F)(F)F)C(F)(F)F)cc1-c1cnc(N)c(C(=O)NC(C)C)n1. The van der Waals surface area contributed by atoms with Gasteiger partial charge in [-0.25, -0.2) is 14.8 Å². The van der Waals surface area contributed by atoms with E-state index in [2.05, 4.69) is 20.0 Å². The summed E-state index contributed by atoms with van der Waals surface area (Å²) in [6, 6.07) is 3.62. The number of amides is 2. The Labute approximate surface area is 217 Å². The summed E-state index contributed by atoms with van der Waals surface area (Å²) < 4.78 is 86.5. The number of nitrogen functional groups attached to an aromatic ring is 1. The monoisotopic (exact) mass is 560 g/mol. The first-order valence-corrected chi connectivity index (χ1v) is 11.0. The van der Waals surface area contributed by atoms with Crippen molar-refractivity contribution in [2.75, 3.05) is 12.3 Å². The number of carbonyl (C=O) groups excluding carboxylic acids is 3. The number of halogens is 6. The van der Waals surface area contributed by atoms with Crippen LogP contribution in [0.1, 0.15) is 41.9 Å². The Balaban J connectivity index is 2.76. The molecule has 2 amide bonds. The molecule has 10 nitrogen and oxygen atoms in total. The van der Waals surface area contributed by atoms with Crippen LogP contribution in [0.25, 0.3) is 11.3 Å². The summed E-state index contributed by atoms with van der Waals surface area (Å²) in [7, 11) is 0. The second-order valence-corrected chi connectivity index (χ2v) is 8.47. The molecule has 1 aromatic carbocycles. The molecule has 0 spiro atoms. The van der Waals surface area contributed by atoms with Crippen LogP contribution in [-0.4, -0.2) is 52.7 Å². The van der Waals surface area contributed by atoms with Crippen LogP contribution in [0.5, 0.6) is 0 Å². The maximum absolute atomic E-state index is 14.5. The highest BCUT2D eigenvalue weighted by Crippen LogP contribution is 2.44. The molecule has 2 aromatic rings. The third-order valence-corrected chi connectivity index (χ3v) is 5.15. The fraction of sp³-hybridized carbons (Fsp3) is 0.391. The molecule has 4 N–H and O–H groups in total. The molecule has 0 aliphatic rings. The van der Waals surface area contributed by atoms with E-state index >= 15 is 0 Å². The van der Waals surface area contributed by atoms with Crippen LogP contribution in [0, 0.1) is 18.3 Å². The number of alkyl halides is 6. The number of ether oxygens (including phenoxy) is 1. The van der Waals surface area contributed by atoms with Crippen LogP contribution >= 0.6 is 0 Å². The van der Waals surface area contributed by atoms with E-state index in [1.165, 1.54) is 13.0 Å². The molecular formula is C23H22F6N6O4. The first-order valence-electron chi connectivity index (χ1n) is 11.0. The van der Waals surface area contributed by atoms with E-state index in [1.807, 2.05) is 0 Å². The molecule has 0 fully saturated rings. The number of nitriles is 1. The van der Waals surface area contributed by atoms with Gasteiger partial charge in [0.25, 0.3) is 5.91 Å². The number of hydrogen-bond acceptors (Lipinski definition) is 8. The average molecular weight is 560 g/mol. The van der Waals surface area contributed by atoms with E-state index in [9.17, 15) is 40.7 Å². The molecule has 0 radical (unpaired) electrons. The lowest BCUT2D eigenvalue weighted by Gasteiger charge is -2.36. The van der Waals surface area contributed by atoms with Crippen LogP contribution in [0.2, 0.25) is 0 Å². The number of aryl methyl sites for hydroxylation is 1. The normalized spacial score (nSPS) is 13.3. The van der Waals surface area contributed by atoms with Gasteiger partial charge >= 0.3 is 18.3 Å². The van der Waals surface area contributed by atoms with Crippen LogP contribution in [-0.2, 0) is 19.9 Å². The fourth-order valence-electron chi connectivity index (χ4n) is 3.27. The Morgan fingerprint density at radius 3 is 2.33 bits per heavy atom. The van der Waals surface area contributed by atoms with E-state index in [1.54, 1.807) is 19.2 Å². The van der Waals surface area contributed by atoms with Gasteiger partial charge in [0.2, 0.25) is 11.5 Å². The number of carbonyl (C=O) groups is 3. The minimum atomic E-state index is -5.82. The Bertz CT molecular complexity index is 1310. The predicted octanol–water partition coefficient (Wildman–Crippen LogP) is 3.07. The molecule has 1 atom stereocenters. The Hall–Kier alpha value is -4.42. The highest BCUT2D eigenvalue weighted by molar-refractivity contribution is 5.97. The molecule has 0 aliphatic carbocycles. The zero-order valence-electron chi connectivity index (χ0n) is 20.6. The summed E-state index contributed by atoms with van der Waals surface area (Å²) in [6.07, 6.45) is -11.4. The lowest BCUT2D eigenvalue weighted by atomic mass is 9.89. The third kappa shape index (κ3) is 7.12. The minimum Gasteiger partial charge on any atom is -0.436 e. The van der Waals surface area contributed by atoms with Crippen molar-refractivity contribution < 1.29 is 45.5 Å². The first-order chi connectivity index (χ1) is 17.9. The second kappa shape index (κ2) is 11.5. The van der Waals surface area contributed by atoms with Gasteiger partial charge in [0, 0.05) is 17.2 Å². The van der Waals surface area contributed by atoms with Gasteiger partial charge in [-0.05, 0) is 32.4 Å². The number of hydrogen-bond donors (Lipinski definition) is 3. The highest BCUT2D eigenvalue weighted by atomic mass is 19.4. The van der Waals surface area contributed by atoms with Gasteiger partial charge in [-0.3, -0.25) is 9.59 Å². The number of benzene rings is 1. The number of nitrogens with two attached hydrogens (primary N) is 1. The smallest absolute Gasteiger partial charge is 0.436 e. The number of esters is 1. The van der Waals surface area contributed by atoms with Gasteiger partial charge in [0.05, 0.1) is 24.5 Å². The number of nitrogens with zero attached hydrogens (tertiary/aromatic N) is 3. The van der Waals surface area contributed by atoms with E-state index in [0.717, 1.165) is 24.4 Å². The van der Waals surface area contributed by atoms with Crippen molar-refractivity contribution in [3.8, 4) is 17.3 Å². The van der Waals surface area contributed by atoms with E-state index in [4.69, 9.17) is 11.0 Å². The van der Waals surface area contributed by atoms with Gasteiger partial charge in [-0.15, -0.1) is 0 Å². The fourth-order valence-corrected chi connectivity index (χ4v) is 3.27. The van der Waals surface area contributed by atoms with Crippen LogP contribution in [0.4, 0.5) is 32.2 Å². The first kappa shape index (κ1) is 30.8. The molecule has 0 saturated heterocycles. The lowest BCUT2D eigenvalue weighted by Crippen LogP contribution is -2.55. The summed E-state index contributed by atoms with van der Waals surface area (Å²) in [4.78, 5) is 43.7. The molecule has 0 saturated carbocycles. The van der Waals surface area contributed by atoms with Crippen LogP contribution < -0.4 is 16.4 Å². The van der Waals surface area contributed by atoms with E-state index in [0.29, 0.717) is 0 Å². The molecule has 1 aromatic heterocycles. The summed E-state index contributed by atoms with van der Waals surface area (Å²) in [5.74, 6) is -5.47. The summed E-state index contributed by atoms with van der Waals surface area (Å²) >= 11 is 0. The van der Waals surface area contributed by atoms with Crippen molar-refractivity contribution in [2.45, 2.75) is 51.2 Å². The topological polar surface area (TPSA) is 160 Å². The predicted molar refractivity (Wildman–Crippen MR) is 122 cm³/mol.